The van der Waals surface area contributed by atoms with Crippen LogP contribution in [0.15, 0.2) is 42.5 Å². The second-order valence-corrected chi connectivity index (χ2v) is 10.4. The van der Waals surface area contributed by atoms with Gasteiger partial charge >= 0.3 is 0 Å². The summed E-state index contributed by atoms with van der Waals surface area (Å²) in [5.74, 6) is -0.0980. The zero-order valence-corrected chi connectivity index (χ0v) is 22.5. The number of rotatable bonds is 4. The highest BCUT2D eigenvalue weighted by Crippen LogP contribution is 2.39. The second-order valence-electron chi connectivity index (χ2n) is 9.54. The fraction of sp³-hybridized carbons (Fsp3) is 0.444. The molecule has 1 atom stereocenters. The minimum atomic E-state index is -1.01. The Morgan fingerprint density at radius 2 is 1.61 bits per heavy atom. The Labute approximate surface area is 231 Å². The van der Waals surface area contributed by atoms with Crippen molar-refractivity contribution in [1.82, 2.24) is 14.7 Å². The Morgan fingerprint density at radius 3 is 2.29 bits per heavy atom. The van der Waals surface area contributed by atoms with Crippen LogP contribution in [0.2, 0.25) is 10.0 Å². The summed E-state index contributed by atoms with van der Waals surface area (Å²) < 4.78 is 17.0. The zero-order valence-electron chi connectivity index (χ0n) is 21.0. The van der Waals surface area contributed by atoms with E-state index in [0.29, 0.717) is 79.2 Å². The summed E-state index contributed by atoms with van der Waals surface area (Å²) in [5, 5.41) is 0.687. The lowest BCUT2D eigenvalue weighted by atomic mass is 9.96. The topological polar surface area (TPSA) is 88.6 Å². The van der Waals surface area contributed by atoms with Gasteiger partial charge in [0.1, 0.15) is 17.5 Å². The molecular formula is C27H29Cl2N3O6. The van der Waals surface area contributed by atoms with E-state index in [1.165, 1.54) is 7.11 Å². The van der Waals surface area contributed by atoms with Gasteiger partial charge in [0.15, 0.2) is 0 Å². The molecule has 5 rings (SSSR count). The SMILES string of the molecule is COc1cccc(C(=O)N2C(C(=O)N3CCOCC3)COC23CCN(C(=O)c2ccc(Cl)c(Cl)c2)CC3)c1. The Kier molecular flexibility index (Phi) is 7.81. The summed E-state index contributed by atoms with van der Waals surface area (Å²) in [4.78, 5) is 45.8. The third kappa shape index (κ3) is 5.08. The zero-order chi connectivity index (χ0) is 26.9. The van der Waals surface area contributed by atoms with Crippen LogP contribution in [0.4, 0.5) is 0 Å². The number of methoxy groups -OCH3 is 1. The molecule has 9 nitrogen and oxygen atoms in total. The molecule has 3 saturated heterocycles. The van der Waals surface area contributed by atoms with Crippen molar-refractivity contribution in [2.24, 2.45) is 0 Å². The summed E-state index contributed by atoms with van der Waals surface area (Å²) in [6.07, 6.45) is 0.728. The van der Waals surface area contributed by atoms with Gasteiger partial charge in [-0.05, 0) is 36.4 Å². The molecule has 0 saturated carbocycles. The van der Waals surface area contributed by atoms with E-state index in [0.717, 1.165) is 0 Å². The highest BCUT2D eigenvalue weighted by Gasteiger charge is 2.55. The van der Waals surface area contributed by atoms with E-state index < -0.39 is 11.8 Å². The number of morpholine rings is 1. The summed E-state index contributed by atoms with van der Waals surface area (Å²) in [6, 6.07) is 10.9. The van der Waals surface area contributed by atoms with Crippen molar-refractivity contribution in [2.75, 3.05) is 53.1 Å². The fourth-order valence-corrected chi connectivity index (χ4v) is 5.61. The molecule has 3 aliphatic rings. The molecular weight excluding hydrogens is 533 g/mol. The van der Waals surface area contributed by atoms with Gasteiger partial charge in [-0.1, -0.05) is 29.3 Å². The van der Waals surface area contributed by atoms with E-state index in [-0.39, 0.29) is 24.3 Å². The average molecular weight is 562 g/mol. The van der Waals surface area contributed by atoms with E-state index in [1.807, 2.05) is 0 Å². The first-order chi connectivity index (χ1) is 18.3. The van der Waals surface area contributed by atoms with Gasteiger partial charge in [0.25, 0.3) is 11.8 Å². The van der Waals surface area contributed by atoms with Gasteiger partial charge < -0.3 is 24.0 Å². The molecule has 0 aliphatic carbocycles. The number of carbonyl (C=O) groups is 3. The van der Waals surface area contributed by atoms with E-state index in [2.05, 4.69) is 0 Å². The largest absolute Gasteiger partial charge is 0.497 e. The molecule has 0 radical (unpaired) electrons. The van der Waals surface area contributed by atoms with Crippen molar-refractivity contribution >= 4 is 40.9 Å². The molecule has 1 spiro atoms. The Morgan fingerprint density at radius 1 is 0.895 bits per heavy atom. The summed E-state index contributed by atoms with van der Waals surface area (Å²) >= 11 is 12.1. The predicted molar refractivity (Wildman–Crippen MR) is 141 cm³/mol. The van der Waals surface area contributed by atoms with Crippen LogP contribution in [-0.4, -0.2) is 97.3 Å². The molecule has 0 N–H and O–H groups in total. The quantitative estimate of drug-likeness (QED) is 0.568. The van der Waals surface area contributed by atoms with Gasteiger partial charge in [-0.25, -0.2) is 0 Å². The first-order valence-corrected chi connectivity index (χ1v) is 13.3. The number of amides is 3. The molecule has 0 aromatic heterocycles. The van der Waals surface area contributed by atoms with Gasteiger partial charge in [0.2, 0.25) is 5.91 Å². The molecule has 2 aromatic carbocycles. The molecule has 0 bridgehead atoms. The number of halogens is 2. The Bertz CT molecular complexity index is 1230. The van der Waals surface area contributed by atoms with Crippen molar-refractivity contribution < 1.29 is 28.6 Å². The molecule has 3 heterocycles. The van der Waals surface area contributed by atoms with Gasteiger partial charge in [-0.3, -0.25) is 19.3 Å². The van der Waals surface area contributed by atoms with E-state index in [1.54, 1.807) is 57.2 Å². The molecule has 1 unspecified atom stereocenters. The maximum Gasteiger partial charge on any atom is 0.257 e. The average Bonchev–Trinajstić information content (AvgIpc) is 3.32. The number of nitrogens with zero attached hydrogens (tertiary/aromatic N) is 3. The van der Waals surface area contributed by atoms with Crippen LogP contribution in [0.1, 0.15) is 33.6 Å². The molecule has 2 aromatic rings. The van der Waals surface area contributed by atoms with Crippen LogP contribution < -0.4 is 4.74 Å². The van der Waals surface area contributed by atoms with Crippen LogP contribution in [-0.2, 0) is 14.3 Å². The third-order valence-corrected chi connectivity index (χ3v) is 8.14. The lowest BCUT2D eigenvalue weighted by molar-refractivity contribution is -0.141. The van der Waals surface area contributed by atoms with Crippen LogP contribution in [0.5, 0.6) is 5.75 Å². The number of benzene rings is 2. The first kappa shape index (κ1) is 26.7. The smallest absolute Gasteiger partial charge is 0.257 e. The highest BCUT2D eigenvalue weighted by molar-refractivity contribution is 6.42. The lowest BCUT2D eigenvalue weighted by Crippen LogP contribution is -2.60. The number of likely N-dealkylation sites (tertiary alicyclic amines) is 1. The normalized spacial score (nSPS) is 21.0. The van der Waals surface area contributed by atoms with Gasteiger partial charge in [-0.15, -0.1) is 0 Å². The fourth-order valence-electron chi connectivity index (χ4n) is 5.32. The minimum absolute atomic E-state index is 0.0899. The first-order valence-electron chi connectivity index (χ1n) is 12.6. The van der Waals surface area contributed by atoms with Crippen LogP contribution in [0, 0.1) is 0 Å². The highest BCUT2D eigenvalue weighted by atomic mass is 35.5. The van der Waals surface area contributed by atoms with Crippen molar-refractivity contribution in [1.29, 1.82) is 0 Å². The molecule has 202 valence electrons. The Balaban J connectivity index is 1.40. The molecule has 3 aliphatic heterocycles. The molecule has 11 heteroatoms. The van der Waals surface area contributed by atoms with E-state index in [4.69, 9.17) is 37.4 Å². The van der Waals surface area contributed by atoms with E-state index >= 15 is 0 Å². The summed E-state index contributed by atoms with van der Waals surface area (Å²) in [5.41, 5.74) is -0.169. The predicted octanol–water partition coefficient (Wildman–Crippen LogP) is 3.33. The summed E-state index contributed by atoms with van der Waals surface area (Å²) in [6.45, 7) is 2.64. The van der Waals surface area contributed by atoms with Gasteiger partial charge in [0, 0.05) is 50.1 Å². The number of piperidine rings is 1. The van der Waals surface area contributed by atoms with Crippen molar-refractivity contribution in [2.45, 2.75) is 24.6 Å². The maximum absolute atomic E-state index is 14.0. The minimum Gasteiger partial charge on any atom is -0.497 e. The molecule has 3 amide bonds. The number of hydrogen-bond donors (Lipinski definition) is 0. The van der Waals surface area contributed by atoms with Crippen LogP contribution in [0.25, 0.3) is 0 Å². The number of hydrogen-bond acceptors (Lipinski definition) is 6. The van der Waals surface area contributed by atoms with Crippen LogP contribution in [0.3, 0.4) is 0 Å². The number of ether oxygens (including phenoxy) is 3. The molecule has 3 fully saturated rings. The van der Waals surface area contributed by atoms with Crippen molar-refractivity contribution in [3.63, 3.8) is 0 Å². The van der Waals surface area contributed by atoms with Gasteiger partial charge in [-0.2, -0.15) is 0 Å². The maximum atomic E-state index is 14.0. The Hall–Kier alpha value is -2.85. The lowest BCUT2D eigenvalue weighted by Gasteiger charge is -2.45. The number of carbonyl (C=O) groups excluding carboxylic acids is 3. The second kappa shape index (κ2) is 11.1. The van der Waals surface area contributed by atoms with Crippen molar-refractivity contribution in [3.8, 4) is 5.75 Å². The third-order valence-electron chi connectivity index (χ3n) is 7.40. The molecule has 38 heavy (non-hydrogen) atoms. The van der Waals surface area contributed by atoms with E-state index in [9.17, 15) is 14.4 Å². The standard InChI is InChI=1S/C27H29Cl2N3O6/c1-36-20-4-2-3-18(15-20)25(34)32-23(26(35)31-11-13-37-14-12-31)17-38-27(32)7-9-30(10-8-27)24(33)19-5-6-21(28)22(29)16-19/h2-6,15-16,23H,7-14,17H2,1H3. The van der Waals surface area contributed by atoms with Crippen LogP contribution >= 0.6 is 23.2 Å². The van der Waals surface area contributed by atoms with Gasteiger partial charge in [0.05, 0.1) is 37.0 Å². The summed E-state index contributed by atoms with van der Waals surface area (Å²) in [7, 11) is 1.54. The monoisotopic (exact) mass is 561 g/mol. The van der Waals surface area contributed by atoms with Crippen molar-refractivity contribution in [3.05, 3.63) is 63.6 Å².